The number of ether oxygens (including phenoxy) is 1. The van der Waals surface area contributed by atoms with Crippen LogP contribution in [0.1, 0.15) is 35.8 Å². The lowest BCUT2D eigenvalue weighted by molar-refractivity contribution is -0.0431. The minimum Gasteiger partial charge on any atom is -0.371 e. The highest BCUT2D eigenvalue weighted by Crippen LogP contribution is 2.29. The van der Waals surface area contributed by atoms with Crippen molar-refractivity contribution in [2.75, 3.05) is 19.7 Å². The molecule has 1 fully saturated rings. The molecule has 0 aliphatic carbocycles. The second-order valence-electron chi connectivity index (χ2n) is 5.82. The number of nitrogens with zero attached hydrogens (tertiary/aromatic N) is 2. The molecule has 4 heteroatoms. The zero-order chi connectivity index (χ0) is 16.2. The molecule has 1 saturated heterocycles. The Balaban J connectivity index is 1.75. The molecule has 1 heterocycles. The molecule has 3 nitrogen and oxygen atoms in total. The maximum Gasteiger partial charge on any atom is 0.0991 e. The van der Waals surface area contributed by atoms with Gasteiger partial charge in [0, 0.05) is 24.2 Å². The molecule has 0 aromatic heterocycles. The lowest BCUT2D eigenvalue weighted by Gasteiger charge is -2.37. The summed E-state index contributed by atoms with van der Waals surface area (Å²) in [6.45, 7) is 4.61. The molecule has 3 rings (SSSR count). The van der Waals surface area contributed by atoms with Crippen LogP contribution in [0, 0.1) is 11.3 Å². The molecule has 0 radical (unpaired) electrons. The summed E-state index contributed by atoms with van der Waals surface area (Å²) in [7, 11) is 0. The number of halogens is 1. The standard InChI is InChI=1S/C19H19ClN2O/c1-14(17-4-2-3-15(11-17)12-21)22-9-10-23-19(13-22)16-5-7-18(20)8-6-16/h2-8,11,14,19H,9-10,13H2,1H3/t14?,19-/m0/s1. The van der Waals surface area contributed by atoms with Gasteiger partial charge >= 0.3 is 0 Å². The largest absolute Gasteiger partial charge is 0.371 e. The summed E-state index contributed by atoms with van der Waals surface area (Å²) in [6.07, 6.45) is 0.0580. The van der Waals surface area contributed by atoms with Crippen molar-refractivity contribution < 1.29 is 4.74 Å². The van der Waals surface area contributed by atoms with E-state index >= 15 is 0 Å². The van der Waals surface area contributed by atoms with Gasteiger partial charge < -0.3 is 4.74 Å². The summed E-state index contributed by atoms with van der Waals surface area (Å²) in [6, 6.07) is 18.2. The summed E-state index contributed by atoms with van der Waals surface area (Å²) in [4.78, 5) is 2.40. The van der Waals surface area contributed by atoms with Crippen molar-refractivity contribution in [3.63, 3.8) is 0 Å². The highest BCUT2D eigenvalue weighted by molar-refractivity contribution is 6.30. The molecule has 2 aromatic carbocycles. The minimum absolute atomic E-state index is 0.0580. The van der Waals surface area contributed by atoms with Crippen molar-refractivity contribution >= 4 is 11.6 Å². The molecule has 0 amide bonds. The molecule has 118 valence electrons. The lowest BCUT2D eigenvalue weighted by Crippen LogP contribution is -2.39. The molecule has 0 bridgehead atoms. The van der Waals surface area contributed by atoms with Gasteiger partial charge in [-0.3, -0.25) is 4.90 Å². The molecule has 0 saturated carbocycles. The van der Waals surface area contributed by atoms with Gasteiger partial charge in [0.2, 0.25) is 0 Å². The van der Waals surface area contributed by atoms with Crippen LogP contribution < -0.4 is 0 Å². The van der Waals surface area contributed by atoms with E-state index in [1.807, 2.05) is 42.5 Å². The van der Waals surface area contributed by atoms with Crippen LogP contribution >= 0.6 is 11.6 Å². The monoisotopic (exact) mass is 326 g/mol. The molecular formula is C19H19ClN2O. The molecule has 0 N–H and O–H groups in total. The van der Waals surface area contributed by atoms with E-state index in [-0.39, 0.29) is 12.1 Å². The van der Waals surface area contributed by atoms with Gasteiger partial charge in [-0.25, -0.2) is 0 Å². The molecule has 2 aromatic rings. The van der Waals surface area contributed by atoms with Crippen molar-refractivity contribution in [3.8, 4) is 6.07 Å². The summed E-state index contributed by atoms with van der Waals surface area (Å²) >= 11 is 5.96. The Morgan fingerprint density at radius 1 is 1.26 bits per heavy atom. The Morgan fingerprint density at radius 2 is 2.04 bits per heavy atom. The fourth-order valence-electron chi connectivity index (χ4n) is 2.98. The Hall–Kier alpha value is -1.86. The van der Waals surface area contributed by atoms with E-state index < -0.39 is 0 Å². The first-order valence-electron chi connectivity index (χ1n) is 7.78. The highest BCUT2D eigenvalue weighted by atomic mass is 35.5. The SMILES string of the molecule is CC(c1cccc(C#N)c1)N1CCO[C@H](c2ccc(Cl)cc2)C1. The maximum absolute atomic E-state index is 9.07. The molecular weight excluding hydrogens is 308 g/mol. The van der Waals surface area contributed by atoms with E-state index in [1.54, 1.807) is 0 Å². The molecule has 1 aliphatic heterocycles. The highest BCUT2D eigenvalue weighted by Gasteiger charge is 2.26. The second-order valence-corrected chi connectivity index (χ2v) is 6.26. The van der Waals surface area contributed by atoms with Crippen LogP contribution in [-0.4, -0.2) is 24.6 Å². The van der Waals surface area contributed by atoms with Crippen molar-refractivity contribution in [2.45, 2.75) is 19.1 Å². The number of hydrogen-bond acceptors (Lipinski definition) is 3. The lowest BCUT2D eigenvalue weighted by atomic mass is 10.0. The fraction of sp³-hybridized carbons (Fsp3) is 0.316. The molecule has 2 atom stereocenters. The summed E-state index contributed by atoms with van der Waals surface area (Å²) in [5, 5.41) is 9.81. The van der Waals surface area contributed by atoms with Crippen LogP contribution in [0.5, 0.6) is 0 Å². The van der Waals surface area contributed by atoms with E-state index in [0.717, 1.165) is 23.7 Å². The van der Waals surface area contributed by atoms with E-state index in [2.05, 4.69) is 24.0 Å². The quantitative estimate of drug-likeness (QED) is 0.841. The number of nitriles is 1. The van der Waals surface area contributed by atoms with Gasteiger partial charge in [-0.1, -0.05) is 35.9 Å². The number of morpholine rings is 1. The average Bonchev–Trinajstić information content (AvgIpc) is 2.62. The van der Waals surface area contributed by atoms with Crippen LogP contribution in [0.25, 0.3) is 0 Å². The van der Waals surface area contributed by atoms with Gasteiger partial charge in [0.1, 0.15) is 0 Å². The maximum atomic E-state index is 9.07. The molecule has 1 unspecified atom stereocenters. The van der Waals surface area contributed by atoms with Crippen molar-refractivity contribution in [1.29, 1.82) is 5.26 Å². The van der Waals surface area contributed by atoms with E-state index in [0.29, 0.717) is 12.2 Å². The Morgan fingerprint density at radius 3 is 2.78 bits per heavy atom. The number of rotatable bonds is 3. The number of hydrogen-bond donors (Lipinski definition) is 0. The topological polar surface area (TPSA) is 36.3 Å². The fourth-order valence-corrected chi connectivity index (χ4v) is 3.10. The summed E-state index contributed by atoms with van der Waals surface area (Å²) in [5.41, 5.74) is 3.02. The van der Waals surface area contributed by atoms with Gasteiger partial charge in [0.05, 0.1) is 24.3 Å². The second kappa shape index (κ2) is 7.14. The van der Waals surface area contributed by atoms with E-state index in [1.165, 1.54) is 5.56 Å². The zero-order valence-corrected chi connectivity index (χ0v) is 13.8. The first kappa shape index (κ1) is 16.0. The summed E-state index contributed by atoms with van der Waals surface area (Å²) in [5.74, 6) is 0. The normalized spacial score (nSPS) is 20.0. The van der Waals surface area contributed by atoms with E-state index in [9.17, 15) is 0 Å². The Labute approximate surface area is 142 Å². The van der Waals surface area contributed by atoms with Gasteiger partial charge in [-0.2, -0.15) is 5.26 Å². The third-order valence-corrected chi connectivity index (χ3v) is 4.64. The predicted octanol–water partition coefficient (Wildman–Crippen LogP) is 4.35. The predicted molar refractivity (Wildman–Crippen MR) is 91.3 cm³/mol. The Bertz CT molecular complexity index is 708. The molecule has 1 aliphatic rings. The molecule has 0 spiro atoms. The van der Waals surface area contributed by atoms with Crippen LogP contribution in [0.15, 0.2) is 48.5 Å². The van der Waals surface area contributed by atoms with Crippen LogP contribution in [0.2, 0.25) is 5.02 Å². The van der Waals surface area contributed by atoms with Crippen LogP contribution in [0.4, 0.5) is 0 Å². The first-order valence-corrected chi connectivity index (χ1v) is 8.16. The van der Waals surface area contributed by atoms with Crippen molar-refractivity contribution in [1.82, 2.24) is 4.90 Å². The molecule has 23 heavy (non-hydrogen) atoms. The van der Waals surface area contributed by atoms with Gasteiger partial charge in [-0.05, 0) is 42.3 Å². The van der Waals surface area contributed by atoms with Gasteiger partial charge in [0.15, 0.2) is 0 Å². The average molecular weight is 327 g/mol. The zero-order valence-electron chi connectivity index (χ0n) is 13.1. The first-order chi connectivity index (χ1) is 11.2. The Kier molecular flexibility index (Phi) is 4.97. The van der Waals surface area contributed by atoms with E-state index in [4.69, 9.17) is 21.6 Å². The van der Waals surface area contributed by atoms with Gasteiger partial charge in [0.25, 0.3) is 0 Å². The third kappa shape index (κ3) is 3.73. The van der Waals surface area contributed by atoms with Gasteiger partial charge in [-0.15, -0.1) is 0 Å². The summed E-state index contributed by atoms with van der Waals surface area (Å²) < 4.78 is 5.93. The van der Waals surface area contributed by atoms with Crippen molar-refractivity contribution in [3.05, 3.63) is 70.2 Å². The van der Waals surface area contributed by atoms with Crippen LogP contribution in [0.3, 0.4) is 0 Å². The van der Waals surface area contributed by atoms with Crippen molar-refractivity contribution in [2.24, 2.45) is 0 Å². The minimum atomic E-state index is 0.0580. The smallest absolute Gasteiger partial charge is 0.0991 e. The van der Waals surface area contributed by atoms with Crippen LogP contribution in [-0.2, 0) is 4.74 Å². The third-order valence-electron chi connectivity index (χ3n) is 4.39. The number of benzene rings is 2.